The maximum Gasteiger partial charge on any atom is 0.223 e. The Balaban J connectivity index is 1.24. The Morgan fingerprint density at radius 1 is 1.17 bits per heavy atom. The second kappa shape index (κ2) is 10.4. The summed E-state index contributed by atoms with van der Waals surface area (Å²) in [6.45, 7) is 8.58. The van der Waals surface area contributed by atoms with Gasteiger partial charge in [-0.1, -0.05) is 24.2 Å². The third-order valence-corrected chi connectivity index (χ3v) is 7.30. The summed E-state index contributed by atoms with van der Waals surface area (Å²) in [5.41, 5.74) is 1.02. The highest BCUT2D eigenvalue weighted by Crippen LogP contribution is 2.33. The number of anilines is 1. The molecule has 0 bridgehead atoms. The van der Waals surface area contributed by atoms with Crippen molar-refractivity contribution in [2.24, 2.45) is 5.92 Å². The fraction of sp³-hybridized carbons (Fsp3) is 0.652. The van der Waals surface area contributed by atoms with Crippen molar-refractivity contribution in [3.05, 3.63) is 18.2 Å². The average Bonchev–Trinajstić information content (AvgIpc) is 3.01. The van der Waals surface area contributed by atoms with Gasteiger partial charge in [-0.05, 0) is 63.9 Å². The summed E-state index contributed by atoms with van der Waals surface area (Å²) < 4.78 is 6.76. The van der Waals surface area contributed by atoms with Gasteiger partial charge in [-0.15, -0.1) is 0 Å². The van der Waals surface area contributed by atoms with E-state index in [0.29, 0.717) is 6.61 Å². The number of carbonyl (C=O) groups excluding carboxylic acids is 1. The molecule has 1 N–H and O–H groups in total. The predicted octanol–water partition coefficient (Wildman–Crippen LogP) is 3.90. The topological polar surface area (TPSA) is 57.7 Å². The van der Waals surface area contributed by atoms with E-state index in [0.717, 1.165) is 60.1 Å². The van der Waals surface area contributed by atoms with E-state index in [1.54, 1.807) is 11.3 Å². The van der Waals surface area contributed by atoms with Gasteiger partial charge in [0.05, 0.1) is 16.8 Å². The molecule has 2 aliphatic heterocycles. The number of nitrogens with one attached hydrogen (secondary N) is 1. The van der Waals surface area contributed by atoms with Crippen molar-refractivity contribution >= 4 is 32.6 Å². The highest BCUT2D eigenvalue weighted by atomic mass is 32.1. The molecule has 0 unspecified atom stereocenters. The zero-order valence-corrected chi connectivity index (χ0v) is 18.9. The Bertz CT molecular complexity index is 824. The fourth-order valence-electron chi connectivity index (χ4n) is 4.46. The second-order valence-corrected chi connectivity index (χ2v) is 9.38. The van der Waals surface area contributed by atoms with Gasteiger partial charge >= 0.3 is 0 Å². The number of nitrogens with zero attached hydrogens (tertiary/aromatic N) is 3. The Labute approximate surface area is 183 Å². The molecule has 0 spiro atoms. The van der Waals surface area contributed by atoms with Crippen LogP contribution in [0.15, 0.2) is 18.2 Å². The van der Waals surface area contributed by atoms with Gasteiger partial charge in [0.1, 0.15) is 5.75 Å². The molecule has 2 aromatic rings. The summed E-state index contributed by atoms with van der Waals surface area (Å²) in [4.78, 5) is 22.2. The molecule has 2 aliphatic rings. The van der Waals surface area contributed by atoms with Crippen LogP contribution in [0.5, 0.6) is 5.75 Å². The van der Waals surface area contributed by atoms with E-state index in [-0.39, 0.29) is 11.8 Å². The predicted molar refractivity (Wildman–Crippen MR) is 124 cm³/mol. The second-order valence-electron chi connectivity index (χ2n) is 8.37. The SMILES string of the molecule is CCOc1ccc2nc(N3CCC(C(=O)NCCN4CCCCCC4)CC3)sc2c1. The molecule has 1 aromatic carbocycles. The van der Waals surface area contributed by atoms with Gasteiger partial charge < -0.3 is 19.9 Å². The van der Waals surface area contributed by atoms with Crippen LogP contribution >= 0.6 is 11.3 Å². The van der Waals surface area contributed by atoms with Crippen LogP contribution in [0.25, 0.3) is 10.2 Å². The molecule has 2 saturated heterocycles. The molecule has 7 heteroatoms. The van der Waals surface area contributed by atoms with Crippen molar-refractivity contribution in [1.82, 2.24) is 15.2 Å². The average molecular weight is 431 g/mol. The van der Waals surface area contributed by atoms with Crippen molar-refractivity contribution in [3.8, 4) is 5.75 Å². The first-order chi connectivity index (χ1) is 14.7. The van der Waals surface area contributed by atoms with Gasteiger partial charge in [-0.2, -0.15) is 0 Å². The Hall–Kier alpha value is -1.86. The molecule has 164 valence electrons. The number of piperidine rings is 1. The lowest BCUT2D eigenvalue weighted by Gasteiger charge is -2.31. The molecule has 0 radical (unpaired) electrons. The number of carbonyl (C=O) groups is 1. The molecule has 4 rings (SSSR count). The van der Waals surface area contributed by atoms with Crippen LogP contribution in [-0.4, -0.2) is 61.7 Å². The maximum atomic E-state index is 12.6. The zero-order valence-electron chi connectivity index (χ0n) is 18.1. The van der Waals surface area contributed by atoms with E-state index in [9.17, 15) is 4.79 Å². The largest absolute Gasteiger partial charge is 0.494 e. The smallest absolute Gasteiger partial charge is 0.223 e. The monoisotopic (exact) mass is 430 g/mol. The van der Waals surface area contributed by atoms with Gasteiger partial charge in [0.2, 0.25) is 5.91 Å². The first-order valence-corrected chi connectivity index (χ1v) is 12.3. The fourth-order valence-corrected chi connectivity index (χ4v) is 5.50. The van der Waals surface area contributed by atoms with Gasteiger partial charge in [-0.3, -0.25) is 4.79 Å². The van der Waals surface area contributed by atoms with Crippen molar-refractivity contribution in [1.29, 1.82) is 0 Å². The standard InChI is InChI=1S/C23H34N4O2S/c1-2-29-19-7-8-20-21(17-19)30-23(25-20)27-14-9-18(10-15-27)22(28)24-11-16-26-12-5-3-4-6-13-26/h7-8,17-18H,2-6,9-16H2,1H3,(H,24,28). The molecule has 2 fully saturated rings. The van der Waals surface area contributed by atoms with Crippen LogP contribution < -0.4 is 15.0 Å². The molecular formula is C23H34N4O2S. The summed E-state index contributed by atoms with van der Waals surface area (Å²) in [5, 5.41) is 4.24. The van der Waals surface area contributed by atoms with Crippen LogP contribution in [0.2, 0.25) is 0 Å². The number of aromatic nitrogens is 1. The minimum atomic E-state index is 0.129. The first-order valence-electron chi connectivity index (χ1n) is 11.5. The number of thiazole rings is 1. The number of ether oxygens (including phenoxy) is 1. The van der Waals surface area contributed by atoms with Crippen LogP contribution in [0.3, 0.4) is 0 Å². The van der Waals surface area contributed by atoms with Crippen molar-refractivity contribution in [3.63, 3.8) is 0 Å². The summed E-state index contributed by atoms with van der Waals surface area (Å²) in [6, 6.07) is 6.09. The normalized spacial score (nSPS) is 19.0. The Kier molecular flexibility index (Phi) is 7.44. The minimum absolute atomic E-state index is 0.129. The Morgan fingerprint density at radius 2 is 1.93 bits per heavy atom. The summed E-state index contributed by atoms with van der Waals surface area (Å²) in [7, 11) is 0. The molecule has 0 aliphatic carbocycles. The zero-order chi connectivity index (χ0) is 20.8. The number of amides is 1. The third-order valence-electron chi connectivity index (χ3n) is 6.22. The lowest BCUT2D eigenvalue weighted by molar-refractivity contribution is -0.125. The van der Waals surface area contributed by atoms with Crippen molar-refractivity contribution in [2.45, 2.75) is 45.4 Å². The van der Waals surface area contributed by atoms with Crippen LogP contribution in [-0.2, 0) is 4.79 Å². The van der Waals surface area contributed by atoms with E-state index in [2.05, 4.69) is 21.2 Å². The number of hydrogen-bond donors (Lipinski definition) is 1. The highest BCUT2D eigenvalue weighted by molar-refractivity contribution is 7.22. The van der Waals surface area contributed by atoms with Gasteiger partial charge in [0, 0.05) is 32.1 Å². The number of benzene rings is 1. The number of hydrogen-bond acceptors (Lipinski definition) is 6. The van der Waals surface area contributed by atoms with Crippen molar-refractivity contribution < 1.29 is 9.53 Å². The summed E-state index contributed by atoms with van der Waals surface area (Å²) >= 11 is 1.71. The summed E-state index contributed by atoms with van der Waals surface area (Å²) in [6.07, 6.45) is 7.09. The van der Waals surface area contributed by atoms with E-state index >= 15 is 0 Å². The third kappa shape index (κ3) is 5.43. The van der Waals surface area contributed by atoms with Gasteiger partial charge in [-0.25, -0.2) is 4.98 Å². The number of likely N-dealkylation sites (tertiary alicyclic amines) is 1. The quantitative estimate of drug-likeness (QED) is 0.722. The minimum Gasteiger partial charge on any atom is -0.494 e. The molecule has 30 heavy (non-hydrogen) atoms. The van der Waals surface area contributed by atoms with Crippen LogP contribution in [0.1, 0.15) is 45.4 Å². The van der Waals surface area contributed by atoms with Gasteiger partial charge in [0.25, 0.3) is 0 Å². The lowest BCUT2D eigenvalue weighted by Crippen LogP contribution is -2.42. The molecule has 3 heterocycles. The number of rotatable bonds is 7. The van der Waals surface area contributed by atoms with Crippen molar-refractivity contribution in [2.75, 3.05) is 50.8 Å². The van der Waals surface area contributed by atoms with E-state index in [1.165, 1.54) is 38.8 Å². The number of fused-ring (bicyclic) bond motifs is 1. The first kappa shape index (κ1) is 21.4. The molecule has 0 saturated carbocycles. The lowest BCUT2D eigenvalue weighted by atomic mass is 9.96. The van der Waals surface area contributed by atoms with Crippen LogP contribution in [0.4, 0.5) is 5.13 Å². The maximum absolute atomic E-state index is 12.6. The van der Waals surface area contributed by atoms with Gasteiger partial charge in [0.15, 0.2) is 5.13 Å². The molecule has 1 aromatic heterocycles. The highest BCUT2D eigenvalue weighted by Gasteiger charge is 2.26. The molecule has 0 atom stereocenters. The molecule has 1 amide bonds. The van der Waals surface area contributed by atoms with E-state index in [1.807, 2.05) is 19.1 Å². The molecular weight excluding hydrogens is 396 g/mol. The Morgan fingerprint density at radius 3 is 2.67 bits per heavy atom. The summed E-state index contributed by atoms with van der Waals surface area (Å²) in [5.74, 6) is 1.26. The van der Waals surface area contributed by atoms with E-state index in [4.69, 9.17) is 9.72 Å². The molecule has 6 nitrogen and oxygen atoms in total. The van der Waals surface area contributed by atoms with Crippen LogP contribution in [0, 0.1) is 5.92 Å². The van der Waals surface area contributed by atoms with E-state index < -0.39 is 0 Å².